The number of alkyl halides is 3. The van der Waals surface area contributed by atoms with Crippen LogP contribution in [0.2, 0.25) is 10.2 Å². The van der Waals surface area contributed by atoms with Gasteiger partial charge in [-0.2, -0.15) is 13.2 Å². The fraction of sp³-hybridized carbons (Fsp3) is 0.0952. The molecule has 3 rings (SSSR count). The molecule has 1 atom stereocenters. The summed E-state index contributed by atoms with van der Waals surface area (Å²) in [5.74, 6) is -1.89. The molecule has 1 unspecified atom stereocenters. The predicted octanol–water partition coefficient (Wildman–Crippen LogP) is 5.94. The van der Waals surface area contributed by atoms with E-state index in [1.807, 2.05) is 0 Å². The van der Waals surface area contributed by atoms with Gasteiger partial charge < -0.3 is 10.1 Å². The van der Waals surface area contributed by atoms with Gasteiger partial charge in [0.15, 0.2) is 5.69 Å². The first-order valence-corrected chi connectivity index (χ1v) is 9.47. The van der Waals surface area contributed by atoms with E-state index in [2.05, 4.69) is 10.3 Å². The molecule has 160 valence electrons. The number of hydrogen-bond acceptors (Lipinski definition) is 4. The summed E-state index contributed by atoms with van der Waals surface area (Å²) in [5.41, 5.74) is -1.07. The second-order valence-corrected chi connectivity index (χ2v) is 7.02. The molecule has 3 aromatic rings. The minimum Gasteiger partial charge on any atom is -0.443 e. The van der Waals surface area contributed by atoms with Gasteiger partial charge in [0.25, 0.3) is 5.91 Å². The third-order valence-corrected chi connectivity index (χ3v) is 4.54. The Morgan fingerprint density at radius 3 is 2.35 bits per heavy atom. The van der Waals surface area contributed by atoms with Gasteiger partial charge in [0.1, 0.15) is 5.15 Å². The number of carbonyl (C=O) groups is 2. The Morgan fingerprint density at radius 1 is 0.968 bits per heavy atom. The van der Waals surface area contributed by atoms with Crippen LogP contribution in [-0.4, -0.2) is 16.9 Å². The third kappa shape index (κ3) is 5.74. The van der Waals surface area contributed by atoms with E-state index in [1.165, 1.54) is 30.3 Å². The first-order valence-electron chi connectivity index (χ1n) is 8.71. The van der Waals surface area contributed by atoms with Crippen molar-refractivity contribution < 1.29 is 27.5 Å². The van der Waals surface area contributed by atoms with E-state index in [-0.39, 0.29) is 21.6 Å². The zero-order chi connectivity index (χ0) is 22.6. The monoisotopic (exact) mass is 468 g/mol. The van der Waals surface area contributed by atoms with Crippen LogP contribution in [0.5, 0.6) is 0 Å². The number of anilines is 1. The average Bonchev–Trinajstić information content (AvgIpc) is 2.73. The van der Waals surface area contributed by atoms with Crippen molar-refractivity contribution in [2.45, 2.75) is 12.3 Å². The van der Waals surface area contributed by atoms with Gasteiger partial charge in [-0.3, -0.25) is 4.79 Å². The van der Waals surface area contributed by atoms with Crippen molar-refractivity contribution in [2.24, 2.45) is 0 Å². The quantitative estimate of drug-likeness (QED) is 0.371. The smallest absolute Gasteiger partial charge is 0.416 e. The summed E-state index contributed by atoms with van der Waals surface area (Å²) in [6, 6.07) is 14.7. The highest BCUT2D eigenvalue weighted by Gasteiger charge is 2.31. The summed E-state index contributed by atoms with van der Waals surface area (Å²) in [5, 5.41) is 2.29. The Labute approximate surface area is 184 Å². The summed E-state index contributed by atoms with van der Waals surface area (Å²) in [7, 11) is 0. The van der Waals surface area contributed by atoms with Crippen LogP contribution in [0.15, 0.2) is 66.7 Å². The van der Waals surface area contributed by atoms with Crippen LogP contribution in [0.1, 0.15) is 27.7 Å². The van der Waals surface area contributed by atoms with Crippen molar-refractivity contribution in [3.8, 4) is 0 Å². The molecule has 1 amide bonds. The number of carbonyl (C=O) groups excluding carboxylic acids is 2. The fourth-order valence-corrected chi connectivity index (χ4v) is 2.94. The maximum absolute atomic E-state index is 12.9. The number of benzene rings is 2. The largest absolute Gasteiger partial charge is 0.443 e. The molecule has 1 aromatic heterocycles. The van der Waals surface area contributed by atoms with Crippen molar-refractivity contribution in [3.63, 3.8) is 0 Å². The number of aromatic nitrogens is 1. The second-order valence-electron chi connectivity index (χ2n) is 6.23. The van der Waals surface area contributed by atoms with Gasteiger partial charge in [0, 0.05) is 11.3 Å². The van der Waals surface area contributed by atoms with Gasteiger partial charge in [-0.05, 0) is 30.3 Å². The topological polar surface area (TPSA) is 68.3 Å². The molecule has 0 saturated heterocycles. The molecule has 2 aromatic carbocycles. The van der Waals surface area contributed by atoms with Crippen LogP contribution in [0.4, 0.5) is 18.9 Å². The van der Waals surface area contributed by atoms with Gasteiger partial charge in [0.05, 0.1) is 10.6 Å². The lowest BCUT2D eigenvalue weighted by atomic mass is 10.1. The predicted molar refractivity (Wildman–Crippen MR) is 109 cm³/mol. The number of nitrogens with one attached hydrogen (secondary N) is 1. The number of rotatable bonds is 5. The van der Waals surface area contributed by atoms with E-state index < -0.39 is 29.7 Å². The average molecular weight is 469 g/mol. The van der Waals surface area contributed by atoms with Crippen LogP contribution < -0.4 is 5.32 Å². The van der Waals surface area contributed by atoms with Crippen LogP contribution >= 0.6 is 23.2 Å². The fourth-order valence-electron chi connectivity index (χ4n) is 2.61. The summed E-state index contributed by atoms with van der Waals surface area (Å²) in [6.45, 7) is 0. The molecule has 1 N–H and O–H groups in total. The van der Waals surface area contributed by atoms with E-state index in [1.54, 1.807) is 18.2 Å². The van der Waals surface area contributed by atoms with E-state index in [0.29, 0.717) is 5.56 Å². The Kier molecular flexibility index (Phi) is 6.82. The molecule has 10 heteroatoms. The molecule has 1 heterocycles. The number of hydrogen-bond donors (Lipinski definition) is 1. The van der Waals surface area contributed by atoms with Crippen molar-refractivity contribution >= 4 is 40.8 Å². The third-order valence-electron chi connectivity index (χ3n) is 4.03. The standard InChI is InChI=1S/C21H13Cl2F3N2O3/c22-15-9-10-16(23)28-17(15)20(30)31-18(12-5-2-1-3-6-12)19(29)27-14-8-4-7-13(11-14)21(24,25)26/h1-11,18H,(H,27,29). The van der Waals surface area contributed by atoms with Crippen LogP contribution in [0, 0.1) is 0 Å². The minimum atomic E-state index is -4.58. The number of esters is 1. The van der Waals surface area contributed by atoms with Gasteiger partial charge in [-0.1, -0.05) is 59.6 Å². The summed E-state index contributed by atoms with van der Waals surface area (Å²) >= 11 is 11.7. The number of halogens is 5. The van der Waals surface area contributed by atoms with Crippen LogP contribution in [0.3, 0.4) is 0 Å². The van der Waals surface area contributed by atoms with Crippen molar-refractivity contribution in [3.05, 3.63) is 93.7 Å². The number of amides is 1. The molecule has 5 nitrogen and oxygen atoms in total. The maximum atomic E-state index is 12.9. The van der Waals surface area contributed by atoms with Crippen LogP contribution in [0.25, 0.3) is 0 Å². The Hall–Kier alpha value is -3.10. The second kappa shape index (κ2) is 9.36. The highest BCUT2D eigenvalue weighted by molar-refractivity contribution is 6.34. The van der Waals surface area contributed by atoms with Gasteiger partial charge in [0.2, 0.25) is 6.10 Å². The molecular formula is C21H13Cl2F3N2O3. The molecule has 0 aliphatic heterocycles. The van der Waals surface area contributed by atoms with E-state index in [0.717, 1.165) is 18.2 Å². The van der Waals surface area contributed by atoms with Crippen molar-refractivity contribution in [2.75, 3.05) is 5.32 Å². The Bertz CT molecular complexity index is 1110. The lowest BCUT2D eigenvalue weighted by Gasteiger charge is -2.18. The number of ether oxygens (including phenoxy) is 1. The van der Waals surface area contributed by atoms with Gasteiger partial charge in [-0.25, -0.2) is 9.78 Å². The lowest BCUT2D eigenvalue weighted by molar-refractivity contribution is -0.137. The molecule has 0 saturated carbocycles. The first-order chi connectivity index (χ1) is 14.6. The van der Waals surface area contributed by atoms with E-state index in [4.69, 9.17) is 27.9 Å². The molecular weight excluding hydrogens is 456 g/mol. The highest BCUT2D eigenvalue weighted by atomic mass is 35.5. The molecule has 0 radical (unpaired) electrons. The Morgan fingerprint density at radius 2 is 1.68 bits per heavy atom. The van der Waals surface area contributed by atoms with E-state index in [9.17, 15) is 22.8 Å². The summed E-state index contributed by atoms with van der Waals surface area (Å²) in [6.07, 6.45) is -6.07. The normalized spacial score (nSPS) is 12.2. The molecule has 0 bridgehead atoms. The zero-order valence-corrected chi connectivity index (χ0v) is 17.0. The molecule has 0 spiro atoms. The summed E-state index contributed by atoms with van der Waals surface area (Å²) < 4.78 is 44.2. The van der Waals surface area contributed by atoms with Crippen molar-refractivity contribution in [1.82, 2.24) is 4.98 Å². The Balaban J connectivity index is 1.88. The molecule has 0 aliphatic carbocycles. The first kappa shape index (κ1) is 22.6. The van der Waals surface area contributed by atoms with Gasteiger partial charge >= 0.3 is 12.1 Å². The minimum absolute atomic E-state index is 0.0129. The highest BCUT2D eigenvalue weighted by Crippen LogP contribution is 2.31. The lowest BCUT2D eigenvalue weighted by Crippen LogP contribution is -2.26. The molecule has 0 aliphatic rings. The summed E-state index contributed by atoms with van der Waals surface area (Å²) in [4.78, 5) is 29.2. The van der Waals surface area contributed by atoms with E-state index >= 15 is 0 Å². The number of nitrogens with zero attached hydrogens (tertiary/aromatic N) is 1. The molecule has 0 fully saturated rings. The zero-order valence-electron chi connectivity index (χ0n) is 15.5. The van der Waals surface area contributed by atoms with Crippen LogP contribution in [-0.2, 0) is 15.7 Å². The SMILES string of the molecule is O=C(OC(C(=O)Nc1cccc(C(F)(F)F)c1)c1ccccc1)c1nc(Cl)ccc1Cl. The van der Waals surface area contributed by atoms with Crippen molar-refractivity contribution in [1.29, 1.82) is 0 Å². The number of pyridine rings is 1. The maximum Gasteiger partial charge on any atom is 0.416 e. The molecule has 31 heavy (non-hydrogen) atoms. The van der Waals surface area contributed by atoms with Gasteiger partial charge in [-0.15, -0.1) is 0 Å².